The van der Waals surface area contributed by atoms with Crippen molar-refractivity contribution in [3.05, 3.63) is 60.2 Å². The number of phenolic OH excluding ortho intramolecular Hbond substituents is 1. The average molecular weight is 472 g/mol. The monoisotopic (exact) mass is 471 g/mol. The van der Waals surface area contributed by atoms with Crippen LogP contribution < -0.4 is 4.90 Å². The fraction of sp³-hybridized carbons (Fsp3) is 0.385. The van der Waals surface area contributed by atoms with Crippen molar-refractivity contribution in [1.82, 2.24) is 29.9 Å². The summed E-state index contributed by atoms with van der Waals surface area (Å²) in [6.07, 6.45) is 1.98. The maximum atomic E-state index is 10.0. The second kappa shape index (κ2) is 9.59. The van der Waals surface area contributed by atoms with Gasteiger partial charge >= 0.3 is 0 Å². The number of nitrogens with zero attached hydrogens (tertiary/aromatic N) is 7. The summed E-state index contributed by atoms with van der Waals surface area (Å²) in [6, 6.07) is 17.9. The molecule has 0 atom stereocenters. The molecule has 9 nitrogen and oxygen atoms in total. The van der Waals surface area contributed by atoms with Gasteiger partial charge in [0.15, 0.2) is 22.8 Å². The lowest BCUT2D eigenvalue weighted by atomic mass is 10.0. The average Bonchev–Trinajstić information content (AvgIpc) is 3.34. The quantitative estimate of drug-likeness (QED) is 0.474. The fourth-order valence-corrected chi connectivity index (χ4v) is 5.00. The molecule has 2 saturated heterocycles. The summed E-state index contributed by atoms with van der Waals surface area (Å²) in [6.45, 7) is 5.77. The molecular weight excluding hydrogens is 442 g/mol. The number of piperidine rings is 1. The molecule has 9 heteroatoms. The van der Waals surface area contributed by atoms with Crippen LogP contribution in [0, 0.1) is 0 Å². The number of aromatic hydroxyl groups is 1. The largest absolute Gasteiger partial charge is 0.508 e. The highest BCUT2D eigenvalue weighted by Gasteiger charge is 2.27. The Balaban J connectivity index is 1.31. The molecule has 0 bridgehead atoms. The van der Waals surface area contributed by atoms with Crippen molar-refractivity contribution in [1.29, 1.82) is 0 Å². The number of anilines is 1. The molecule has 2 aromatic heterocycles. The molecule has 0 amide bonds. The van der Waals surface area contributed by atoms with Crippen LogP contribution in [0.2, 0.25) is 0 Å². The Labute approximate surface area is 204 Å². The first-order valence-electron chi connectivity index (χ1n) is 12.3. The van der Waals surface area contributed by atoms with E-state index in [1.807, 2.05) is 16.8 Å². The molecule has 0 radical (unpaired) electrons. The van der Waals surface area contributed by atoms with Crippen LogP contribution in [0.15, 0.2) is 54.6 Å². The van der Waals surface area contributed by atoms with Crippen LogP contribution in [0.5, 0.6) is 5.75 Å². The number of phenols is 1. The van der Waals surface area contributed by atoms with E-state index in [-0.39, 0.29) is 11.8 Å². The molecular formula is C26H29N7O2. The minimum absolute atomic E-state index is 0.191. The number of hydrogen-bond donors (Lipinski definition) is 1. The molecule has 0 unspecified atom stereocenters. The first-order valence-corrected chi connectivity index (χ1v) is 12.3. The van der Waals surface area contributed by atoms with E-state index in [2.05, 4.69) is 50.4 Å². The molecule has 1 N–H and O–H groups in total. The van der Waals surface area contributed by atoms with E-state index in [1.165, 1.54) is 5.56 Å². The Morgan fingerprint density at radius 3 is 2.49 bits per heavy atom. The van der Waals surface area contributed by atoms with Crippen LogP contribution in [0.4, 0.5) is 5.82 Å². The molecule has 6 rings (SSSR count). The van der Waals surface area contributed by atoms with Crippen molar-refractivity contribution in [3.63, 3.8) is 0 Å². The maximum Gasteiger partial charge on any atom is 0.184 e. The molecule has 2 aliphatic heterocycles. The van der Waals surface area contributed by atoms with Crippen molar-refractivity contribution >= 4 is 17.0 Å². The number of benzene rings is 2. The Hall–Kier alpha value is -3.56. The number of fused-ring (bicyclic) bond motifs is 1. The van der Waals surface area contributed by atoms with Crippen molar-refractivity contribution in [2.75, 3.05) is 44.3 Å². The zero-order chi connectivity index (χ0) is 23.6. The van der Waals surface area contributed by atoms with Gasteiger partial charge in [-0.3, -0.25) is 4.90 Å². The highest BCUT2D eigenvalue weighted by molar-refractivity contribution is 5.85. The minimum Gasteiger partial charge on any atom is -0.508 e. The van der Waals surface area contributed by atoms with Crippen LogP contribution in [0.1, 0.15) is 24.4 Å². The number of morpholine rings is 1. The van der Waals surface area contributed by atoms with E-state index in [0.29, 0.717) is 19.0 Å². The summed E-state index contributed by atoms with van der Waals surface area (Å²) in [5, 5.41) is 19.2. The second-order valence-corrected chi connectivity index (χ2v) is 9.22. The van der Waals surface area contributed by atoms with Gasteiger partial charge in [-0.1, -0.05) is 47.7 Å². The first kappa shape index (κ1) is 21.9. The van der Waals surface area contributed by atoms with Gasteiger partial charge in [0, 0.05) is 38.3 Å². The van der Waals surface area contributed by atoms with E-state index in [0.717, 1.165) is 68.1 Å². The maximum absolute atomic E-state index is 10.0. The van der Waals surface area contributed by atoms with Crippen molar-refractivity contribution in [3.8, 4) is 17.1 Å². The van der Waals surface area contributed by atoms with E-state index in [1.54, 1.807) is 12.1 Å². The molecule has 2 aromatic carbocycles. The molecule has 4 heterocycles. The molecule has 0 spiro atoms. The van der Waals surface area contributed by atoms with Gasteiger partial charge in [-0.15, -0.1) is 5.10 Å². The minimum atomic E-state index is 0.191. The molecule has 2 aliphatic rings. The number of aromatic nitrogens is 5. The Bertz CT molecular complexity index is 1300. The van der Waals surface area contributed by atoms with E-state index >= 15 is 0 Å². The summed E-state index contributed by atoms with van der Waals surface area (Å²) in [4.78, 5) is 14.5. The van der Waals surface area contributed by atoms with Crippen LogP contribution in [0.25, 0.3) is 22.6 Å². The number of ether oxygens (including phenoxy) is 1. The molecule has 2 fully saturated rings. The summed E-state index contributed by atoms with van der Waals surface area (Å²) in [7, 11) is 0. The first-order chi connectivity index (χ1) is 17.2. The molecule has 180 valence electrons. The smallest absolute Gasteiger partial charge is 0.184 e. The van der Waals surface area contributed by atoms with Gasteiger partial charge < -0.3 is 14.7 Å². The highest BCUT2D eigenvalue weighted by atomic mass is 16.5. The van der Waals surface area contributed by atoms with Gasteiger partial charge in [-0.2, -0.15) is 0 Å². The second-order valence-electron chi connectivity index (χ2n) is 9.22. The van der Waals surface area contributed by atoms with Gasteiger partial charge in [0.1, 0.15) is 5.75 Å². The lowest BCUT2D eigenvalue weighted by molar-refractivity contribution is 0.122. The molecule has 0 aliphatic carbocycles. The highest BCUT2D eigenvalue weighted by Crippen LogP contribution is 2.31. The normalized spacial score (nSPS) is 17.8. The molecule has 0 saturated carbocycles. The van der Waals surface area contributed by atoms with Crippen molar-refractivity contribution in [2.45, 2.75) is 25.4 Å². The predicted octanol–water partition coefficient (Wildman–Crippen LogP) is 3.27. The third-order valence-electron chi connectivity index (χ3n) is 6.87. The fourth-order valence-electron chi connectivity index (χ4n) is 5.00. The molecule has 35 heavy (non-hydrogen) atoms. The van der Waals surface area contributed by atoms with Gasteiger partial charge in [0.25, 0.3) is 0 Å². The predicted molar refractivity (Wildman–Crippen MR) is 133 cm³/mol. The SMILES string of the molecule is Oc1cccc(-c2nc(N3CCOCC3)c3nnn(C4CCN(Cc5ccccc5)CC4)c3n2)c1. The van der Waals surface area contributed by atoms with Crippen LogP contribution >= 0.6 is 0 Å². The number of likely N-dealkylation sites (tertiary alicyclic amines) is 1. The zero-order valence-electron chi connectivity index (χ0n) is 19.6. The summed E-state index contributed by atoms with van der Waals surface area (Å²) < 4.78 is 7.55. The number of hydrogen-bond acceptors (Lipinski definition) is 8. The van der Waals surface area contributed by atoms with E-state index in [4.69, 9.17) is 14.7 Å². The topological polar surface area (TPSA) is 92.4 Å². The lowest BCUT2D eigenvalue weighted by Crippen LogP contribution is -2.37. The van der Waals surface area contributed by atoms with Crippen LogP contribution in [-0.2, 0) is 11.3 Å². The third-order valence-corrected chi connectivity index (χ3v) is 6.87. The van der Waals surface area contributed by atoms with E-state index in [9.17, 15) is 5.11 Å². The standard InChI is InChI=1S/C26H29N7O2/c34-22-8-4-7-20(17-22)24-27-25(32-13-15-35-16-14-32)23-26(28-24)33(30-29-23)21-9-11-31(12-10-21)18-19-5-2-1-3-6-19/h1-8,17,21,34H,9-16,18H2. The summed E-state index contributed by atoms with van der Waals surface area (Å²) in [5.74, 6) is 1.54. The van der Waals surface area contributed by atoms with Crippen molar-refractivity contribution < 1.29 is 9.84 Å². The third kappa shape index (κ3) is 4.56. The van der Waals surface area contributed by atoms with Gasteiger partial charge in [-0.25, -0.2) is 14.6 Å². The Morgan fingerprint density at radius 1 is 0.914 bits per heavy atom. The van der Waals surface area contributed by atoms with Gasteiger partial charge in [0.05, 0.1) is 19.3 Å². The van der Waals surface area contributed by atoms with E-state index < -0.39 is 0 Å². The summed E-state index contributed by atoms with van der Waals surface area (Å²) in [5.41, 5.74) is 3.59. The lowest BCUT2D eigenvalue weighted by Gasteiger charge is -2.32. The van der Waals surface area contributed by atoms with Crippen LogP contribution in [0.3, 0.4) is 0 Å². The zero-order valence-corrected chi connectivity index (χ0v) is 19.6. The Morgan fingerprint density at radius 2 is 1.71 bits per heavy atom. The van der Waals surface area contributed by atoms with Crippen LogP contribution in [-0.4, -0.2) is 74.4 Å². The van der Waals surface area contributed by atoms with Gasteiger partial charge in [-0.05, 0) is 30.5 Å². The molecule has 4 aromatic rings. The summed E-state index contributed by atoms with van der Waals surface area (Å²) >= 11 is 0. The number of rotatable bonds is 5. The van der Waals surface area contributed by atoms with Gasteiger partial charge in [0.2, 0.25) is 0 Å². The Kier molecular flexibility index (Phi) is 6.01. The van der Waals surface area contributed by atoms with Crippen molar-refractivity contribution in [2.24, 2.45) is 0 Å².